The van der Waals surface area contributed by atoms with Crippen molar-refractivity contribution in [1.29, 1.82) is 0 Å². The highest BCUT2D eigenvalue weighted by molar-refractivity contribution is 5.74. The lowest BCUT2D eigenvalue weighted by atomic mass is 9.96. The highest BCUT2D eigenvalue weighted by atomic mass is 16.5. The third kappa shape index (κ3) is 4.48. The molecule has 7 nitrogen and oxygen atoms in total. The van der Waals surface area contributed by atoms with Gasteiger partial charge in [-0.15, -0.1) is 0 Å². The topological polar surface area (TPSA) is 100 Å². The van der Waals surface area contributed by atoms with E-state index >= 15 is 0 Å². The molecule has 7 heteroatoms. The predicted octanol–water partition coefficient (Wildman–Crippen LogP) is 1.50. The van der Waals surface area contributed by atoms with E-state index in [1.54, 1.807) is 6.92 Å². The molecule has 0 saturated carbocycles. The maximum atomic E-state index is 11.7. The summed E-state index contributed by atoms with van der Waals surface area (Å²) in [7, 11) is 0. The number of amides is 2. The van der Waals surface area contributed by atoms with Crippen LogP contribution in [0.2, 0.25) is 0 Å². The molecule has 2 amide bonds. The fourth-order valence-electron chi connectivity index (χ4n) is 1.48. The Balaban J connectivity index is 2.60. The van der Waals surface area contributed by atoms with Crippen LogP contribution in [0.4, 0.5) is 4.79 Å². The van der Waals surface area contributed by atoms with Gasteiger partial charge in [0.05, 0.1) is 12.6 Å². The molecule has 0 spiro atoms. The summed E-state index contributed by atoms with van der Waals surface area (Å²) in [5, 5.41) is 18.3. The van der Waals surface area contributed by atoms with Crippen LogP contribution in [0.25, 0.3) is 0 Å². The summed E-state index contributed by atoms with van der Waals surface area (Å²) in [6.07, 6.45) is 0.660. The van der Waals surface area contributed by atoms with E-state index in [9.17, 15) is 4.79 Å². The zero-order valence-electron chi connectivity index (χ0n) is 12.7. The molecule has 2 atom stereocenters. The summed E-state index contributed by atoms with van der Waals surface area (Å²) < 4.78 is 5.16. The van der Waals surface area contributed by atoms with Gasteiger partial charge in [-0.1, -0.05) is 32.9 Å². The van der Waals surface area contributed by atoms with E-state index < -0.39 is 6.04 Å². The molecule has 0 bridgehead atoms. The number of hydrogen-bond acceptors (Lipinski definition) is 5. The molecule has 1 heterocycles. The molecule has 1 aromatic rings. The van der Waals surface area contributed by atoms with E-state index in [2.05, 4.69) is 20.8 Å². The molecule has 1 aromatic heterocycles. The Kier molecular flexibility index (Phi) is 5.50. The van der Waals surface area contributed by atoms with E-state index in [1.807, 2.05) is 27.7 Å². The van der Waals surface area contributed by atoms with Crippen LogP contribution in [0.15, 0.2) is 4.52 Å². The van der Waals surface area contributed by atoms with Crippen LogP contribution in [-0.4, -0.2) is 33.9 Å². The minimum Gasteiger partial charge on any atom is -0.394 e. The maximum Gasteiger partial charge on any atom is 0.315 e. The maximum absolute atomic E-state index is 11.7. The molecule has 0 aromatic carbocycles. The van der Waals surface area contributed by atoms with Gasteiger partial charge in [0.1, 0.15) is 6.04 Å². The van der Waals surface area contributed by atoms with Gasteiger partial charge < -0.3 is 20.3 Å². The van der Waals surface area contributed by atoms with Crippen LogP contribution >= 0.6 is 0 Å². The van der Waals surface area contributed by atoms with Gasteiger partial charge in [-0.2, -0.15) is 4.98 Å². The van der Waals surface area contributed by atoms with Gasteiger partial charge in [0.25, 0.3) is 0 Å². The molecule has 2 unspecified atom stereocenters. The van der Waals surface area contributed by atoms with Crippen molar-refractivity contribution in [2.45, 2.75) is 58.5 Å². The van der Waals surface area contributed by atoms with Gasteiger partial charge in [-0.05, 0) is 13.3 Å². The zero-order valence-corrected chi connectivity index (χ0v) is 12.7. The van der Waals surface area contributed by atoms with Crippen molar-refractivity contribution < 1.29 is 14.4 Å². The second kappa shape index (κ2) is 6.69. The highest BCUT2D eigenvalue weighted by Gasteiger charge is 2.24. The molecule has 20 heavy (non-hydrogen) atoms. The molecule has 0 saturated heterocycles. The second-order valence-electron chi connectivity index (χ2n) is 5.83. The number of nitrogens with zero attached hydrogens (tertiary/aromatic N) is 2. The van der Waals surface area contributed by atoms with Gasteiger partial charge >= 0.3 is 6.03 Å². The van der Waals surface area contributed by atoms with Crippen molar-refractivity contribution in [3.05, 3.63) is 11.7 Å². The normalized spacial score (nSPS) is 14.7. The van der Waals surface area contributed by atoms with Crippen molar-refractivity contribution in [3.63, 3.8) is 0 Å². The summed E-state index contributed by atoms with van der Waals surface area (Å²) in [6, 6.07) is -1.02. The SMILES string of the molecule is CCC(CO)NC(=O)NC(C)c1nc(C(C)(C)C)no1. The predicted molar refractivity (Wildman–Crippen MR) is 74.2 cm³/mol. The fourth-order valence-corrected chi connectivity index (χ4v) is 1.48. The monoisotopic (exact) mass is 284 g/mol. The molecule has 3 N–H and O–H groups in total. The molecule has 1 rings (SSSR count). The Hall–Kier alpha value is -1.63. The Morgan fingerprint density at radius 2 is 2.05 bits per heavy atom. The molecule has 0 aliphatic heterocycles. The third-order valence-corrected chi connectivity index (χ3v) is 2.88. The first kappa shape index (κ1) is 16.4. The average Bonchev–Trinajstić information content (AvgIpc) is 2.85. The largest absolute Gasteiger partial charge is 0.394 e. The molecule has 114 valence electrons. The van der Waals surface area contributed by atoms with Crippen molar-refractivity contribution in [1.82, 2.24) is 20.8 Å². The summed E-state index contributed by atoms with van der Waals surface area (Å²) >= 11 is 0. The summed E-state index contributed by atoms with van der Waals surface area (Å²) in [5.74, 6) is 0.963. The molecular formula is C13H24N4O3. The van der Waals surface area contributed by atoms with E-state index in [1.165, 1.54) is 0 Å². The average molecular weight is 284 g/mol. The summed E-state index contributed by atoms with van der Waals surface area (Å²) in [6.45, 7) is 9.52. The number of aromatic nitrogens is 2. The van der Waals surface area contributed by atoms with Gasteiger partial charge in [0.2, 0.25) is 5.89 Å². The van der Waals surface area contributed by atoms with Gasteiger partial charge in [-0.3, -0.25) is 0 Å². The molecule has 0 radical (unpaired) electrons. The summed E-state index contributed by atoms with van der Waals surface area (Å²) in [4.78, 5) is 16.0. The Morgan fingerprint density at radius 1 is 1.40 bits per heavy atom. The number of carbonyl (C=O) groups is 1. The van der Waals surface area contributed by atoms with E-state index in [0.717, 1.165) is 0 Å². The van der Waals surface area contributed by atoms with Crippen LogP contribution in [-0.2, 0) is 5.41 Å². The van der Waals surface area contributed by atoms with Crippen LogP contribution in [0, 0.1) is 0 Å². The van der Waals surface area contributed by atoms with Crippen LogP contribution in [0.1, 0.15) is 58.8 Å². The van der Waals surface area contributed by atoms with Crippen molar-refractivity contribution in [3.8, 4) is 0 Å². The number of rotatable bonds is 5. The van der Waals surface area contributed by atoms with Crippen LogP contribution in [0.3, 0.4) is 0 Å². The standard InChI is InChI=1S/C13H24N4O3/c1-6-9(7-18)15-12(19)14-8(2)10-16-11(17-20-10)13(3,4)5/h8-9,18H,6-7H2,1-5H3,(H2,14,15,19). The number of urea groups is 1. The first-order chi connectivity index (χ1) is 9.27. The smallest absolute Gasteiger partial charge is 0.315 e. The van der Waals surface area contributed by atoms with Crippen molar-refractivity contribution >= 4 is 6.03 Å². The molecular weight excluding hydrogens is 260 g/mol. The first-order valence-electron chi connectivity index (χ1n) is 6.79. The number of carbonyl (C=O) groups excluding carboxylic acids is 1. The quantitative estimate of drug-likeness (QED) is 0.760. The van der Waals surface area contributed by atoms with Crippen LogP contribution < -0.4 is 10.6 Å². The Bertz CT molecular complexity index is 435. The lowest BCUT2D eigenvalue weighted by Gasteiger charge is -2.16. The fraction of sp³-hybridized carbons (Fsp3) is 0.769. The lowest BCUT2D eigenvalue weighted by molar-refractivity contribution is 0.210. The number of aliphatic hydroxyl groups excluding tert-OH is 1. The van der Waals surface area contributed by atoms with E-state index in [0.29, 0.717) is 18.1 Å². The van der Waals surface area contributed by atoms with Crippen LogP contribution in [0.5, 0.6) is 0 Å². The minimum absolute atomic E-state index is 0.0902. The van der Waals surface area contributed by atoms with Crippen molar-refractivity contribution in [2.24, 2.45) is 0 Å². The Morgan fingerprint density at radius 3 is 2.50 bits per heavy atom. The number of hydrogen-bond donors (Lipinski definition) is 3. The summed E-state index contributed by atoms with van der Waals surface area (Å²) in [5.41, 5.74) is -0.200. The molecule has 0 aliphatic carbocycles. The number of nitrogens with one attached hydrogen (secondary N) is 2. The first-order valence-corrected chi connectivity index (χ1v) is 6.79. The molecule has 0 aliphatic rings. The second-order valence-corrected chi connectivity index (χ2v) is 5.83. The van der Waals surface area contributed by atoms with Crippen molar-refractivity contribution in [2.75, 3.05) is 6.61 Å². The van der Waals surface area contributed by atoms with Gasteiger partial charge in [0, 0.05) is 5.41 Å². The van der Waals surface area contributed by atoms with E-state index in [4.69, 9.17) is 9.63 Å². The molecule has 0 fully saturated rings. The Labute approximate surface area is 119 Å². The number of aliphatic hydroxyl groups is 1. The van der Waals surface area contributed by atoms with E-state index in [-0.39, 0.29) is 24.1 Å². The highest BCUT2D eigenvalue weighted by Crippen LogP contribution is 2.20. The lowest BCUT2D eigenvalue weighted by Crippen LogP contribution is -2.44. The minimum atomic E-state index is -0.394. The van der Waals surface area contributed by atoms with Gasteiger partial charge in [-0.25, -0.2) is 4.79 Å². The zero-order chi connectivity index (χ0) is 15.3. The van der Waals surface area contributed by atoms with Gasteiger partial charge in [0.15, 0.2) is 5.82 Å². The third-order valence-electron chi connectivity index (χ3n) is 2.88.